The Balaban J connectivity index is 1.75. The molecule has 0 radical (unpaired) electrons. The van der Waals surface area contributed by atoms with Crippen LogP contribution in [0.15, 0.2) is 59.8 Å². The number of hydrogen-bond donors (Lipinski definition) is 2. The molecule has 0 fully saturated rings. The van der Waals surface area contributed by atoms with Gasteiger partial charge < -0.3 is 20.3 Å². The maximum Gasteiger partial charge on any atom is 0.338 e. The number of allylic oxidation sites excluding steroid dienone is 1. The number of benzene rings is 2. The minimum Gasteiger partial charge on any atom is -0.463 e. The first-order chi connectivity index (χ1) is 16.8. The largest absolute Gasteiger partial charge is 0.463 e. The van der Waals surface area contributed by atoms with Gasteiger partial charge in [0, 0.05) is 24.0 Å². The Morgan fingerprint density at radius 3 is 2.51 bits per heavy atom. The molecule has 2 aromatic rings. The van der Waals surface area contributed by atoms with Crippen LogP contribution in [0.3, 0.4) is 0 Å². The lowest BCUT2D eigenvalue weighted by molar-refractivity contribution is -0.139. The van der Waals surface area contributed by atoms with Gasteiger partial charge in [0.25, 0.3) is 5.91 Å². The number of unbranched alkanes of at least 4 members (excludes halogenated alkanes) is 3. The maximum atomic E-state index is 12.9. The number of rotatable bonds is 10. The molecular formula is C28H35N3O3S. The van der Waals surface area contributed by atoms with Crippen molar-refractivity contribution in [1.82, 2.24) is 10.2 Å². The number of carbonyl (C=O) groups is 2. The van der Waals surface area contributed by atoms with Gasteiger partial charge in [-0.1, -0.05) is 50.5 Å². The Labute approximate surface area is 213 Å². The van der Waals surface area contributed by atoms with Crippen LogP contribution in [-0.4, -0.2) is 35.5 Å². The van der Waals surface area contributed by atoms with Crippen molar-refractivity contribution in [1.29, 1.82) is 0 Å². The van der Waals surface area contributed by atoms with Crippen LogP contribution in [0.25, 0.3) is 0 Å². The molecular weight excluding hydrogens is 458 g/mol. The van der Waals surface area contributed by atoms with E-state index in [1.807, 2.05) is 62.5 Å². The average molecular weight is 494 g/mol. The summed E-state index contributed by atoms with van der Waals surface area (Å²) in [6, 6.07) is 14.8. The van der Waals surface area contributed by atoms with Crippen molar-refractivity contribution in [3.63, 3.8) is 0 Å². The van der Waals surface area contributed by atoms with Crippen molar-refractivity contribution in [2.45, 2.75) is 58.9 Å². The van der Waals surface area contributed by atoms with E-state index >= 15 is 0 Å². The topological polar surface area (TPSA) is 70.7 Å². The molecule has 1 aliphatic rings. The fourth-order valence-electron chi connectivity index (χ4n) is 4.14. The maximum absolute atomic E-state index is 12.9. The van der Waals surface area contributed by atoms with Crippen molar-refractivity contribution in [2.75, 3.05) is 19.0 Å². The molecule has 186 valence electrons. The van der Waals surface area contributed by atoms with Crippen molar-refractivity contribution in [2.24, 2.45) is 0 Å². The number of thiocarbonyl (C=S) groups is 1. The van der Waals surface area contributed by atoms with E-state index in [4.69, 9.17) is 17.0 Å². The molecule has 35 heavy (non-hydrogen) atoms. The van der Waals surface area contributed by atoms with Crippen LogP contribution >= 0.6 is 12.2 Å². The summed E-state index contributed by atoms with van der Waals surface area (Å²) in [6.45, 7) is 6.12. The highest BCUT2D eigenvalue weighted by atomic mass is 32.1. The zero-order valence-electron chi connectivity index (χ0n) is 21.0. The third-order valence-electron chi connectivity index (χ3n) is 6.26. The smallest absolute Gasteiger partial charge is 0.338 e. The van der Waals surface area contributed by atoms with Crippen LogP contribution in [-0.2, 0) is 16.0 Å². The molecule has 1 heterocycles. The molecule has 0 aliphatic carbocycles. The van der Waals surface area contributed by atoms with E-state index in [0.717, 1.165) is 17.7 Å². The second kappa shape index (κ2) is 12.5. The van der Waals surface area contributed by atoms with Crippen LogP contribution in [0.1, 0.15) is 74.0 Å². The SMILES string of the molecule is CCCCCCc1ccc(C(=O)Nc2cccc(C3NC(=S)N(C)C(C)=C3C(=O)OCC)c2)cc1. The molecule has 1 atom stereocenters. The second-order valence-corrected chi connectivity index (χ2v) is 9.13. The van der Waals surface area contributed by atoms with Gasteiger partial charge in [0.15, 0.2) is 5.11 Å². The van der Waals surface area contributed by atoms with Crippen LogP contribution in [0, 0.1) is 0 Å². The summed E-state index contributed by atoms with van der Waals surface area (Å²) in [5, 5.41) is 6.72. The number of amides is 1. The molecule has 0 saturated carbocycles. The molecule has 3 rings (SSSR count). The van der Waals surface area contributed by atoms with Gasteiger partial charge in [0.1, 0.15) is 0 Å². The zero-order chi connectivity index (χ0) is 25.4. The predicted octanol–water partition coefficient (Wildman–Crippen LogP) is 5.76. The van der Waals surface area contributed by atoms with Crippen molar-refractivity contribution >= 4 is 34.9 Å². The van der Waals surface area contributed by atoms with E-state index < -0.39 is 6.04 Å². The van der Waals surface area contributed by atoms with Crippen molar-refractivity contribution in [3.8, 4) is 0 Å². The third kappa shape index (κ3) is 6.69. The summed E-state index contributed by atoms with van der Waals surface area (Å²) in [5.74, 6) is -0.565. The first kappa shape index (κ1) is 26.4. The first-order valence-electron chi connectivity index (χ1n) is 12.3. The fourth-order valence-corrected chi connectivity index (χ4v) is 4.39. The van der Waals surface area contributed by atoms with E-state index in [1.165, 1.54) is 31.2 Å². The number of esters is 1. The summed E-state index contributed by atoms with van der Waals surface area (Å²) >= 11 is 5.46. The van der Waals surface area contributed by atoms with E-state index in [2.05, 4.69) is 17.6 Å². The third-order valence-corrected chi connectivity index (χ3v) is 6.65. The summed E-state index contributed by atoms with van der Waals surface area (Å²) in [6.07, 6.45) is 5.92. The number of anilines is 1. The van der Waals surface area contributed by atoms with Gasteiger partial charge in [-0.05, 0) is 74.3 Å². The monoisotopic (exact) mass is 493 g/mol. The Bertz CT molecular complexity index is 1090. The lowest BCUT2D eigenvalue weighted by Crippen LogP contribution is -2.46. The van der Waals surface area contributed by atoms with Crippen LogP contribution in [0.5, 0.6) is 0 Å². The Morgan fingerprint density at radius 2 is 1.83 bits per heavy atom. The second-order valence-electron chi connectivity index (χ2n) is 8.75. The zero-order valence-corrected chi connectivity index (χ0v) is 21.8. The van der Waals surface area contributed by atoms with Gasteiger partial charge in [-0.25, -0.2) is 4.79 Å². The fraction of sp³-hybridized carbons (Fsp3) is 0.393. The average Bonchev–Trinajstić information content (AvgIpc) is 2.85. The molecule has 7 heteroatoms. The highest BCUT2D eigenvalue weighted by Gasteiger charge is 2.33. The molecule has 2 N–H and O–H groups in total. The van der Waals surface area contributed by atoms with Gasteiger partial charge in [-0.2, -0.15) is 0 Å². The van der Waals surface area contributed by atoms with Crippen LogP contribution in [0.2, 0.25) is 0 Å². The van der Waals surface area contributed by atoms with Crippen molar-refractivity contribution in [3.05, 3.63) is 76.5 Å². The number of nitrogens with one attached hydrogen (secondary N) is 2. The molecule has 2 aromatic carbocycles. The van der Waals surface area contributed by atoms with Crippen LogP contribution < -0.4 is 10.6 Å². The number of aryl methyl sites for hydroxylation is 1. The molecule has 0 bridgehead atoms. The van der Waals surface area contributed by atoms with Crippen molar-refractivity contribution < 1.29 is 14.3 Å². The van der Waals surface area contributed by atoms with Gasteiger partial charge in [0.2, 0.25) is 0 Å². The minimum atomic E-state index is -0.471. The Morgan fingerprint density at radius 1 is 1.09 bits per heavy atom. The highest BCUT2D eigenvalue weighted by Crippen LogP contribution is 2.32. The van der Waals surface area contributed by atoms with Gasteiger partial charge in [0.05, 0.1) is 18.2 Å². The van der Waals surface area contributed by atoms with Gasteiger partial charge in [-0.3, -0.25) is 4.79 Å². The molecule has 6 nitrogen and oxygen atoms in total. The summed E-state index contributed by atoms with van der Waals surface area (Å²) in [5.41, 5.74) is 4.54. The van der Waals surface area contributed by atoms with E-state index in [0.29, 0.717) is 21.9 Å². The minimum absolute atomic E-state index is 0.177. The van der Waals surface area contributed by atoms with E-state index in [1.54, 1.807) is 11.8 Å². The molecule has 1 amide bonds. The first-order valence-corrected chi connectivity index (χ1v) is 12.7. The number of hydrogen-bond acceptors (Lipinski definition) is 4. The Kier molecular flexibility index (Phi) is 9.43. The molecule has 1 aliphatic heterocycles. The summed E-state index contributed by atoms with van der Waals surface area (Å²) in [7, 11) is 1.81. The number of carbonyl (C=O) groups excluding carboxylic acids is 2. The molecule has 0 aromatic heterocycles. The molecule has 1 unspecified atom stereocenters. The predicted molar refractivity (Wildman–Crippen MR) is 144 cm³/mol. The lowest BCUT2D eigenvalue weighted by Gasteiger charge is -2.35. The quantitative estimate of drug-likeness (QED) is 0.249. The normalized spacial score (nSPS) is 15.6. The summed E-state index contributed by atoms with van der Waals surface area (Å²) < 4.78 is 5.31. The standard InChI is InChI=1S/C28H35N3O3S/c1-5-7-8-9-11-20-14-16-21(17-15-20)26(32)29-23-13-10-12-22(18-23)25-24(27(33)34-6-2)19(3)31(4)28(35)30-25/h10,12-18,25H,5-9,11H2,1-4H3,(H,29,32)(H,30,35). The van der Waals surface area contributed by atoms with Gasteiger partial charge >= 0.3 is 5.97 Å². The highest BCUT2D eigenvalue weighted by molar-refractivity contribution is 7.80. The van der Waals surface area contributed by atoms with Gasteiger partial charge in [-0.15, -0.1) is 0 Å². The number of ether oxygens (including phenoxy) is 1. The lowest BCUT2D eigenvalue weighted by atomic mass is 9.94. The van der Waals surface area contributed by atoms with Crippen LogP contribution in [0.4, 0.5) is 5.69 Å². The Hall–Kier alpha value is -3.19. The molecule has 0 saturated heterocycles. The summed E-state index contributed by atoms with van der Waals surface area (Å²) in [4.78, 5) is 27.4. The van der Waals surface area contributed by atoms with E-state index in [-0.39, 0.29) is 18.5 Å². The number of nitrogens with zero attached hydrogens (tertiary/aromatic N) is 1. The van der Waals surface area contributed by atoms with E-state index in [9.17, 15) is 9.59 Å². The molecule has 0 spiro atoms.